The van der Waals surface area contributed by atoms with E-state index in [4.69, 9.17) is 0 Å². The Balaban J connectivity index is 0.00000243. The molecule has 2 heterocycles. The molecule has 25 heavy (non-hydrogen) atoms. The van der Waals surface area contributed by atoms with Gasteiger partial charge < -0.3 is 15.1 Å². The van der Waals surface area contributed by atoms with Gasteiger partial charge in [-0.05, 0) is 44.2 Å². The van der Waals surface area contributed by atoms with Gasteiger partial charge in [0.15, 0.2) is 0 Å². The number of carbonyl (C=O) groups is 1. The van der Waals surface area contributed by atoms with Gasteiger partial charge in [0.1, 0.15) is 0 Å². The third-order valence-electron chi connectivity index (χ3n) is 6.74. The van der Waals surface area contributed by atoms with Crippen molar-refractivity contribution in [3.63, 3.8) is 0 Å². The molecule has 3 fully saturated rings. The topological polar surface area (TPSA) is 38.8 Å². The Morgan fingerprint density at radius 1 is 1.08 bits per heavy atom. The molecule has 0 aromatic carbocycles. The van der Waals surface area contributed by atoms with E-state index in [0.717, 1.165) is 0 Å². The first-order chi connectivity index (χ1) is 12.0. The van der Waals surface area contributed by atoms with Crippen molar-refractivity contribution in [2.75, 3.05) is 58.9 Å². The first-order valence-corrected chi connectivity index (χ1v) is 10.5. The highest BCUT2D eigenvalue weighted by molar-refractivity contribution is 5.78. The molecule has 1 amide bonds. The Morgan fingerprint density at radius 2 is 1.76 bits per heavy atom. The molecule has 0 bridgehead atoms. The van der Waals surface area contributed by atoms with Crippen molar-refractivity contribution in [1.82, 2.24) is 20.0 Å². The number of nitrogens with zero attached hydrogens (tertiary/aromatic N) is 3. The van der Waals surface area contributed by atoms with Gasteiger partial charge in [0.05, 0.1) is 0 Å². The second-order valence-electron chi connectivity index (χ2n) is 8.91. The summed E-state index contributed by atoms with van der Waals surface area (Å²) in [5.74, 6) is 0.327. The summed E-state index contributed by atoms with van der Waals surface area (Å²) in [7, 11) is 0. The maximum atomic E-state index is 12.0. The molecule has 146 valence electrons. The highest BCUT2D eigenvalue weighted by atomic mass is 16.1. The van der Waals surface area contributed by atoms with Crippen molar-refractivity contribution in [2.24, 2.45) is 11.3 Å². The third kappa shape index (κ3) is 4.95. The lowest BCUT2D eigenvalue weighted by atomic mass is 9.85. The molecule has 2 aliphatic heterocycles. The zero-order chi connectivity index (χ0) is 17.9. The van der Waals surface area contributed by atoms with Crippen LogP contribution < -0.4 is 5.32 Å². The van der Waals surface area contributed by atoms with E-state index >= 15 is 0 Å². The van der Waals surface area contributed by atoms with Gasteiger partial charge >= 0.3 is 0 Å². The number of nitrogens with one attached hydrogen (secondary N) is 1. The molecule has 2 saturated heterocycles. The second-order valence-corrected chi connectivity index (χ2v) is 8.91. The molecule has 3 rings (SSSR count). The monoisotopic (exact) mass is 352 g/mol. The van der Waals surface area contributed by atoms with Crippen LogP contribution in [0, 0.1) is 11.3 Å². The number of amides is 1. The molecule has 1 N–H and O–H groups in total. The quantitative estimate of drug-likeness (QED) is 0.792. The van der Waals surface area contributed by atoms with Gasteiger partial charge in [0, 0.05) is 59.2 Å². The molecule has 0 aromatic rings. The van der Waals surface area contributed by atoms with E-state index in [9.17, 15) is 4.79 Å². The normalized spacial score (nSPS) is 32.1. The van der Waals surface area contributed by atoms with Crippen LogP contribution in [0.4, 0.5) is 0 Å². The average molecular weight is 353 g/mol. The number of piperazine rings is 1. The summed E-state index contributed by atoms with van der Waals surface area (Å²) < 4.78 is 0. The lowest BCUT2D eigenvalue weighted by Crippen LogP contribution is -2.48. The van der Waals surface area contributed by atoms with Crippen molar-refractivity contribution in [2.45, 2.75) is 52.5 Å². The van der Waals surface area contributed by atoms with Gasteiger partial charge in [0.2, 0.25) is 5.91 Å². The van der Waals surface area contributed by atoms with Crippen LogP contribution in [0.1, 0.15) is 47.9 Å². The van der Waals surface area contributed by atoms with Gasteiger partial charge in [-0.15, -0.1) is 0 Å². The highest BCUT2D eigenvalue weighted by Crippen LogP contribution is 2.45. The first-order valence-electron chi connectivity index (χ1n) is 10.5. The largest absolute Gasteiger partial charge is 0.353 e. The Hall–Kier alpha value is -0.650. The molecule has 0 aromatic heterocycles. The maximum Gasteiger partial charge on any atom is 0.222 e. The van der Waals surface area contributed by atoms with E-state index in [-0.39, 0.29) is 13.3 Å². The fourth-order valence-corrected chi connectivity index (χ4v) is 4.90. The molecule has 1 saturated carbocycles. The van der Waals surface area contributed by atoms with Gasteiger partial charge in [-0.2, -0.15) is 0 Å². The smallest absolute Gasteiger partial charge is 0.222 e. The molecule has 1 spiro atoms. The van der Waals surface area contributed by atoms with Crippen molar-refractivity contribution in [1.29, 1.82) is 0 Å². The fourth-order valence-electron chi connectivity index (χ4n) is 4.90. The first kappa shape index (κ1) is 19.1. The minimum atomic E-state index is 0. The van der Waals surface area contributed by atoms with Gasteiger partial charge in [-0.1, -0.05) is 20.8 Å². The highest BCUT2D eigenvalue weighted by Gasteiger charge is 2.44. The molecule has 0 radical (unpaired) electrons. The van der Waals surface area contributed by atoms with E-state index in [0.29, 0.717) is 11.5 Å². The maximum absolute atomic E-state index is 12.0. The van der Waals surface area contributed by atoms with Crippen LogP contribution in [0.25, 0.3) is 0 Å². The summed E-state index contributed by atoms with van der Waals surface area (Å²) >= 11 is 0. The van der Waals surface area contributed by atoms with E-state index in [2.05, 4.69) is 26.9 Å². The third-order valence-corrected chi connectivity index (χ3v) is 6.74. The minimum Gasteiger partial charge on any atom is -0.353 e. The molecule has 2 atom stereocenters. The molecule has 3 aliphatic rings. The van der Waals surface area contributed by atoms with Crippen molar-refractivity contribution < 1.29 is 6.22 Å². The van der Waals surface area contributed by atoms with E-state index in [1.807, 2.05) is 13.8 Å². The standard InChI is InChI=1S/C20H38N4O.H2/c1-4-22-9-11-23(12-10-22)13-14-24-8-7-20(16-24)6-5-18(15-20)21-19(25)17(2)3;/h17-18H,4-16H2,1-3H3,(H,21,25);1H. The molecular formula is C20H40N4O. The van der Waals surface area contributed by atoms with Crippen LogP contribution >= 0.6 is 0 Å². The SMILES string of the molecule is CCN1CCN(CCN2CCC3(CCC(NC(=O)C(C)C)C3)C2)CC1.[HH]. The van der Waals surface area contributed by atoms with Crippen molar-refractivity contribution >= 4 is 5.91 Å². The number of likely N-dealkylation sites (tertiary alicyclic amines) is 1. The van der Waals surface area contributed by atoms with Gasteiger partial charge in [-0.25, -0.2) is 0 Å². The second kappa shape index (κ2) is 8.36. The number of hydrogen-bond donors (Lipinski definition) is 1. The molecule has 5 heteroatoms. The molecular weight excluding hydrogens is 312 g/mol. The molecule has 1 aliphatic carbocycles. The summed E-state index contributed by atoms with van der Waals surface area (Å²) in [6, 6.07) is 0.414. The van der Waals surface area contributed by atoms with Gasteiger partial charge in [-0.3, -0.25) is 9.69 Å². The van der Waals surface area contributed by atoms with Crippen LogP contribution in [-0.2, 0) is 4.79 Å². The predicted molar refractivity (Wildman–Crippen MR) is 105 cm³/mol. The van der Waals surface area contributed by atoms with Crippen LogP contribution in [0.3, 0.4) is 0 Å². The number of hydrogen-bond acceptors (Lipinski definition) is 4. The zero-order valence-corrected chi connectivity index (χ0v) is 16.6. The zero-order valence-electron chi connectivity index (χ0n) is 16.6. The number of rotatable bonds is 6. The molecule has 2 unspecified atom stereocenters. The summed E-state index contributed by atoms with van der Waals surface area (Å²) in [6.45, 7) is 17.3. The van der Waals surface area contributed by atoms with E-state index in [1.165, 1.54) is 84.6 Å². The Morgan fingerprint density at radius 3 is 2.44 bits per heavy atom. The van der Waals surface area contributed by atoms with Crippen LogP contribution in [0.15, 0.2) is 0 Å². The number of likely N-dealkylation sites (N-methyl/N-ethyl adjacent to an activating group) is 1. The fraction of sp³-hybridized carbons (Fsp3) is 0.950. The predicted octanol–water partition coefficient (Wildman–Crippen LogP) is 1.89. The van der Waals surface area contributed by atoms with Gasteiger partial charge in [0.25, 0.3) is 0 Å². The van der Waals surface area contributed by atoms with Crippen molar-refractivity contribution in [3.05, 3.63) is 0 Å². The number of carbonyl (C=O) groups excluding carboxylic acids is 1. The Labute approximate surface area is 155 Å². The average Bonchev–Trinajstić information content (AvgIpc) is 3.20. The lowest BCUT2D eigenvalue weighted by Gasteiger charge is -2.35. The van der Waals surface area contributed by atoms with E-state index in [1.54, 1.807) is 0 Å². The Bertz CT molecular complexity index is 453. The van der Waals surface area contributed by atoms with Crippen LogP contribution in [0.2, 0.25) is 0 Å². The lowest BCUT2D eigenvalue weighted by molar-refractivity contribution is -0.124. The van der Waals surface area contributed by atoms with Crippen LogP contribution in [-0.4, -0.2) is 85.6 Å². The Kier molecular flexibility index (Phi) is 6.39. The van der Waals surface area contributed by atoms with Crippen molar-refractivity contribution in [3.8, 4) is 0 Å². The summed E-state index contributed by atoms with van der Waals surface area (Å²) in [5.41, 5.74) is 0.482. The summed E-state index contributed by atoms with van der Waals surface area (Å²) in [4.78, 5) is 19.8. The summed E-state index contributed by atoms with van der Waals surface area (Å²) in [5, 5.41) is 3.27. The summed E-state index contributed by atoms with van der Waals surface area (Å²) in [6.07, 6.45) is 4.98. The molecule has 5 nitrogen and oxygen atoms in total. The minimum absolute atomic E-state index is 0. The van der Waals surface area contributed by atoms with E-state index < -0.39 is 0 Å². The van der Waals surface area contributed by atoms with Crippen LogP contribution in [0.5, 0.6) is 0 Å².